The number of hydrogen-bond donors (Lipinski definition) is 4. The first kappa shape index (κ1) is 23.4. The van der Waals surface area contributed by atoms with Crippen molar-refractivity contribution in [2.24, 2.45) is 0 Å². The lowest BCUT2D eigenvalue weighted by atomic mass is 10.0. The summed E-state index contributed by atoms with van der Waals surface area (Å²) < 4.78 is 0. The number of para-hydroxylation sites is 1. The zero-order valence-corrected chi connectivity index (χ0v) is 19.6. The number of hydrogen-bond acceptors (Lipinski definition) is 4. The highest BCUT2D eigenvalue weighted by Gasteiger charge is 2.31. The maximum atomic E-state index is 13.7. The van der Waals surface area contributed by atoms with E-state index in [1.54, 1.807) is 23.7 Å². The summed E-state index contributed by atoms with van der Waals surface area (Å²) in [5, 5.41) is 19.5. The molecule has 4 N–H and O–H groups in total. The molecule has 182 valence electrons. The minimum atomic E-state index is -0.587. The van der Waals surface area contributed by atoms with Crippen LogP contribution in [0, 0.1) is 0 Å². The number of nitrogens with zero attached hydrogens (tertiary/aromatic N) is 1. The standard InChI is InChI=1S/C29H27N3O4/c33-23-10-7-20(8-11-23)29(35)32(16-15-22-18-30-26-4-2-1-3-24(22)26)27-13-9-21-17-19(5-12-25(21)27)6-14-28(34)31-36/h1-8,10-12,14,17-18,27,30,33,36H,9,13,15-16H2,(H,31,34)/b14-6+. The summed E-state index contributed by atoms with van der Waals surface area (Å²) >= 11 is 0. The molecule has 0 bridgehead atoms. The number of rotatable bonds is 7. The first-order valence-electron chi connectivity index (χ1n) is 11.9. The van der Waals surface area contributed by atoms with Crippen LogP contribution < -0.4 is 5.48 Å². The number of phenolic OH excluding ortho intramolecular Hbond substituents is 1. The molecule has 1 aliphatic rings. The lowest BCUT2D eigenvalue weighted by molar-refractivity contribution is -0.124. The molecule has 1 atom stereocenters. The number of aromatic hydroxyl groups is 1. The summed E-state index contributed by atoms with van der Waals surface area (Å²) in [4.78, 5) is 30.3. The second-order valence-electron chi connectivity index (χ2n) is 8.98. The van der Waals surface area contributed by atoms with Crippen LogP contribution in [0.3, 0.4) is 0 Å². The van der Waals surface area contributed by atoms with E-state index in [0.717, 1.165) is 46.0 Å². The highest BCUT2D eigenvalue weighted by molar-refractivity contribution is 5.95. The summed E-state index contributed by atoms with van der Waals surface area (Å²) in [5.41, 5.74) is 7.46. The van der Waals surface area contributed by atoms with E-state index < -0.39 is 5.91 Å². The van der Waals surface area contributed by atoms with Gasteiger partial charge in [0.15, 0.2) is 0 Å². The van der Waals surface area contributed by atoms with Gasteiger partial charge in [-0.2, -0.15) is 0 Å². The number of carbonyl (C=O) groups excluding carboxylic acids is 2. The number of aromatic nitrogens is 1. The molecule has 0 aliphatic heterocycles. The lowest BCUT2D eigenvalue weighted by Crippen LogP contribution is -2.35. The van der Waals surface area contributed by atoms with Crippen molar-refractivity contribution >= 4 is 28.8 Å². The van der Waals surface area contributed by atoms with Gasteiger partial charge in [0.1, 0.15) is 5.75 Å². The van der Waals surface area contributed by atoms with Crippen molar-refractivity contribution in [3.63, 3.8) is 0 Å². The predicted molar refractivity (Wildman–Crippen MR) is 138 cm³/mol. The number of aryl methyl sites for hydroxylation is 1. The average Bonchev–Trinajstić information content (AvgIpc) is 3.52. The molecule has 36 heavy (non-hydrogen) atoms. The first-order valence-corrected chi connectivity index (χ1v) is 11.9. The quantitative estimate of drug-likeness (QED) is 0.173. The van der Waals surface area contributed by atoms with E-state index in [0.29, 0.717) is 18.5 Å². The van der Waals surface area contributed by atoms with Crippen LogP contribution in [0.5, 0.6) is 5.75 Å². The fourth-order valence-electron chi connectivity index (χ4n) is 5.00. The van der Waals surface area contributed by atoms with Gasteiger partial charge in [-0.05, 0) is 77.9 Å². The minimum absolute atomic E-state index is 0.0729. The van der Waals surface area contributed by atoms with Crippen LogP contribution in [-0.4, -0.2) is 38.6 Å². The third-order valence-electron chi connectivity index (χ3n) is 6.80. The van der Waals surface area contributed by atoms with Crippen LogP contribution >= 0.6 is 0 Å². The van der Waals surface area contributed by atoms with Crippen LogP contribution in [0.25, 0.3) is 17.0 Å². The van der Waals surface area contributed by atoms with Gasteiger partial charge in [0.2, 0.25) is 0 Å². The highest BCUT2D eigenvalue weighted by Crippen LogP contribution is 2.37. The Bertz CT molecular complexity index is 1440. The van der Waals surface area contributed by atoms with Crippen molar-refractivity contribution in [1.29, 1.82) is 0 Å². The Kier molecular flexibility index (Phi) is 6.56. The topological polar surface area (TPSA) is 106 Å². The molecule has 7 nitrogen and oxygen atoms in total. The fourth-order valence-corrected chi connectivity index (χ4v) is 5.00. The Morgan fingerprint density at radius 2 is 1.89 bits per heavy atom. The molecule has 0 spiro atoms. The molecule has 0 saturated heterocycles. The smallest absolute Gasteiger partial charge is 0.267 e. The number of benzene rings is 3. The number of H-pyrrole nitrogens is 1. The number of aromatic amines is 1. The number of carbonyl (C=O) groups is 2. The Hall–Kier alpha value is -4.36. The second-order valence-corrected chi connectivity index (χ2v) is 8.98. The maximum Gasteiger partial charge on any atom is 0.267 e. The third-order valence-corrected chi connectivity index (χ3v) is 6.80. The third kappa shape index (κ3) is 4.74. The molecule has 0 saturated carbocycles. The van der Waals surface area contributed by atoms with Crippen LogP contribution in [0.2, 0.25) is 0 Å². The molecule has 1 heterocycles. The molecule has 0 fully saturated rings. The van der Waals surface area contributed by atoms with Crippen LogP contribution in [0.1, 0.15) is 45.1 Å². The molecule has 7 heteroatoms. The summed E-state index contributed by atoms with van der Waals surface area (Å²) in [6.45, 7) is 0.546. The molecule has 3 aromatic carbocycles. The van der Waals surface area contributed by atoms with E-state index in [-0.39, 0.29) is 17.7 Å². The van der Waals surface area contributed by atoms with Gasteiger partial charge in [-0.25, -0.2) is 5.48 Å². The van der Waals surface area contributed by atoms with Crippen molar-refractivity contribution < 1.29 is 19.9 Å². The summed E-state index contributed by atoms with van der Waals surface area (Å²) in [6.07, 6.45) is 7.26. The zero-order valence-electron chi connectivity index (χ0n) is 19.6. The Balaban J connectivity index is 1.44. The van der Waals surface area contributed by atoms with Gasteiger partial charge < -0.3 is 15.0 Å². The van der Waals surface area contributed by atoms with Gasteiger partial charge in [-0.1, -0.05) is 36.4 Å². The molecule has 1 aliphatic carbocycles. The molecule has 5 rings (SSSR count). The number of phenols is 1. The lowest BCUT2D eigenvalue weighted by Gasteiger charge is -2.30. The number of hydroxylamine groups is 1. The van der Waals surface area contributed by atoms with Crippen LogP contribution in [-0.2, 0) is 17.6 Å². The van der Waals surface area contributed by atoms with E-state index >= 15 is 0 Å². The molecule has 1 unspecified atom stereocenters. The maximum absolute atomic E-state index is 13.7. The molecular formula is C29H27N3O4. The monoisotopic (exact) mass is 481 g/mol. The van der Waals surface area contributed by atoms with Crippen molar-refractivity contribution in [3.8, 4) is 5.75 Å². The van der Waals surface area contributed by atoms with Gasteiger partial charge in [-0.3, -0.25) is 14.8 Å². The first-order chi connectivity index (χ1) is 17.5. The van der Waals surface area contributed by atoms with Crippen molar-refractivity contribution in [2.45, 2.75) is 25.3 Å². The Morgan fingerprint density at radius 1 is 1.08 bits per heavy atom. The summed E-state index contributed by atoms with van der Waals surface area (Å²) in [7, 11) is 0. The molecular weight excluding hydrogens is 454 g/mol. The van der Waals surface area contributed by atoms with E-state index in [2.05, 4.69) is 11.1 Å². The van der Waals surface area contributed by atoms with Crippen molar-refractivity contribution in [2.75, 3.05) is 6.54 Å². The van der Waals surface area contributed by atoms with Gasteiger partial charge in [0.05, 0.1) is 6.04 Å². The summed E-state index contributed by atoms with van der Waals surface area (Å²) in [5.74, 6) is -0.536. The van der Waals surface area contributed by atoms with Crippen LogP contribution in [0.4, 0.5) is 0 Å². The molecule has 1 aromatic heterocycles. The Labute approximate surface area is 208 Å². The van der Waals surface area contributed by atoms with Crippen molar-refractivity contribution in [3.05, 3.63) is 107 Å². The van der Waals surface area contributed by atoms with Gasteiger partial charge >= 0.3 is 0 Å². The molecule has 4 aromatic rings. The van der Waals surface area contributed by atoms with E-state index in [4.69, 9.17) is 5.21 Å². The molecule has 2 amide bonds. The highest BCUT2D eigenvalue weighted by atomic mass is 16.5. The normalized spacial score (nSPS) is 14.8. The zero-order chi connectivity index (χ0) is 25.1. The summed E-state index contributed by atoms with van der Waals surface area (Å²) in [6, 6.07) is 20.4. The van der Waals surface area contributed by atoms with E-state index in [9.17, 15) is 14.7 Å². The predicted octanol–water partition coefficient (Wildman–Crippen LogP) is 4.76. The number of nitrogens with one attached hydrogen (secondary N) is 2. The van der Waals surface area contributed by atoms with Gasteiger partial charge in [0.25, 0.3) is 11.8 Å². The number of amides is 2. The number of fused-ring (bicyclic) bond motifs is 2. The fraction of sp³-hybridized carbons (Fsp3) is 0.172. The van der Waals surface area contributed by atoms with E-state index in [1.165, 1.54) is 18.2 Å². The SMILES string of the molecule is O=C(/C=C/c1ccc2c(c1)CCC2N(CCc1c[nH]c2ccccc12)C(=O)c1ccc(O)cc1)NO. The average molecular weight is 482 g/mol. The van der Waals surface area contributed by atoms with Gasteiger partial charge in [-0.15, -0.1) is 0 Å². The second kappa shape index (κ2) is 10.1. The molecule has 0 radical (unpaired) electrons. The largest absolute Gasteiger partial charge is 0.508 e. The Morgan fingerprint density at radius 3 is 2.69 bits per heavy atom. The van der Waals surface area contributed by atoms with E-state index in [1.807, 2.05) is 47.5 Å². The van der Waals surface area contributed by atoms with Crippen LogP contribution in [0.15, 0.2) is 79.0 Å². The van der Waals surface area contributed by atoms with Gasteiger partial charge in [0, 0.05) is 35.3 Å². The van der Waals surface area contributed by atoms with Crippen molar-refractivity contribution in [1.82, 2.24) is 15.4 Å². The minimum Gasteiger partial charge on any atom is -0.508 e.